The molecule has 108 valence electrons. The van der Waals surface area contributed by atoms with E-state index in [-0.39, 0.29) is 10.7 Å². The van der Waals surface area contributed by atoms with E-state index in [1.807, 2.05) is 0 Å². The fourth-order valence-electron chi connectivity index (χ4n) is 1.40. The third-order valence-corrected chi connectivity index (χ3v) is 3.06. The van der Waals surface area contributed by atoms with Crippen LogP contribution in [0.5, 0.6) is 0 Å². The predicted octanol–water partition coefficient (Wildman–Crippen LogP) is 3.70. The monoisotopic (exact) mass is 304 g/mol. The minimum atomic E-state index is -4.59. The second-order valence-corrected chi connectivity index (χ2v) is 5.01. The van der Waals surface area contributed by atoms with Gasteiger partial charge in [0, 0.05) is 12.7 Å². The van der Waals surface area contributed by atoms with Gasteiger partial charge in [-0.1, -0.05) is 30.0 Å². The Hall–Kier alpha value is -1.76. The van der Waals surface area contributed by atoms with Crippen LogP contribution < -0.4 is 0 Å². The fraction of sp³-hybridized carbons (Fsp3) is 0.231. The molecule has 7 heteroatoms. The molecule has 1 N–H and O–H groups in total. The average molecular weight is 304 g/mol. The highest BCUT2D eigenvalue weighted by Crippen LogP contribution is 2.30. The summed E-state index contributed by atoms with van der Waals surface area (Å²) >= 11 is 1.02. The lowest BCUT2D eigenvalue weighted by molar-refractivity contribution is -0.137. The van der Waals surface area contributed by atoms with Crippen LogP contribution in [0.3, 0.4) is 0 Å². The van der Waals surface area contributed by atoms with Gasteiger partial charge in [0.25, 0.3) is 0 Å². The number of carbonyl (C=O) groups is 2. The van der Waals surface area contributed by atoms with Crippen LogP contribution in [-0.4, -0.2) is 21.9 Å². The minimum absolute atomic E-state index is 0.0967. The van der Waals surface area contributed by atoms with Crippen molar-refractivity contribution < 1.29 is 27.9 Å². The van der Waals surface area contributed by atoms with Crippen LogP contribution in [0.2, 0.25) is 0 Å². The number of hydrogen-bond acceptors (Lipinski definition) is 3. The van der Waals surface area contributed by atoms with Crippen molar-refractivity contribution in [3.05, 3.63) is 41.0 Å². The molecule has 1 aromatic carbocycles. The van der Waals surface area contributed by atoms with Crippen LogP contribution in [0.15, 0.2) is 24.3 Å². The number of rotatable bonds is 4. The van der Waals surface area contributed by atoms with Crippen molar-refractivity contribution in [3.8, 4) is 0 Å². The summed E-state index contributed by atoms with van der Waals surface area (Å²) in [5.41, 5.74) is -1.27. The van der Waals surface area contributed by atoms with Crippen molar-refractivity contribution in [1.29, 1.82) is 0 Å². The van der Waals surface area contributed by atoms with Gasteiger partial charge in [0.05, 0.1) is 11.1 Å². The first-order valence-corrected chi connectivity index (χ1v) is 6.45. The van der Waals surface area contributed by atoms with Crippen LogP contribution >= 0.6 is 11.8 Å². The van der Waals surface area contributed by atoms with E-state index in [1.54, 1.807) is 0 Å². The molecule has 0 aliphatic carbocycles. The number of benzene rings is 1. The summed E-state index contributed by atoms with van der Waals surface area (Å²) < 4.78 is 37.5. The molecule has 0 bridgehead atoms. The van der Waals surface area contributed by atoms with Crippen LogP contribution in [0.25, 0.3) is 6.08 Å². The van der Waals surface area contributed by atoms with Crippen LogP contribution in [0.4, 0.5) is 13.2 Å². The highest BCUT2D eigenvalue weighted by molar-refractivity contribution is 8.13. The van der Waals surface area contributed by atoms with E-state index in [0.29, 0.717) is 11.8 Å². The van der Waals surface area contributed by atoms with Crippen molar-refractivity contribution >= 4 is 28.9 Å². The Morgan fingerprint density at radius 1 is 1.35 bits per heavy atom. The van der Waals surface area contributed by atoms with E-state index in [1.165, 1.54) is 19.1 Å². The Kier molecular flexibility index (Phi) is 5.38. The van der Waals surface area contributed by atoms with Crippen molar-refractivity contribution in [3.63, 3.8) is 0 Å². The Labute approximate surface area is 117 Å². The standard InChI is InChI=1S/C13H11F3O3S/c1-8(17)20-6-2-3-9-4-5-10(13(14,15)16)7-11(9)12(18)19/h2-5,7H,6H2,1H3,(H,18,19). The Morgan fingerprint density at radius 3 is 2.50 bits per heavy atom. The molecule has 0 atom stereocenters. The zero-order chi connectivity index (χ0) is 15.3. The maximum Gasteiger partial charge on any atom is 0.416 e. The van der Waals surface area contributed by atoms with Crippen LogP contribution in [0.1, 0.15) is 28.4 Å². The third-order valence-electron chi connectivity index (χ3n) is 2.29. The summed E-state index contributed by atoms with van der Waals surface area (Å²) in [5.74, 6) is -1.11. The van der Waals surface area contributed by atoms with Gasteiger partial charge in [0.2, 0.25) is 0 Å². The first-order chi connectivity index (χ1) is 9.21. The predicted molar refractivity (Wildman–Crippen MR) is 70.6 cm³/mol. The van der Waals surface area contributed by atoms with Gasteiger partial charge in [-0.15, -0.1) is 0 Å². The zero-order valence-electron chi connectivity index (χ0n) is 10.4. The number of aromatic carboxylic acids is 1. The van der Waals surface area contributed by atoms with Crippen LogP contribution in [0, 0.1) is 0 Å². The molecule has 0 heterocycles. The second-order valence-electron chi connectivity index (χ2n) is 3.81. The van der Waals surface area contributed by atoms with Gasteiger partial charge in [-0.3, -0.25) is 4.79 Å². The van der Waals surface area contributed by atoms with Crippen molar-refractivity contribution in [2.45, 2.75) is 13.1 Å². The van der Waals surface area contributed by atoms with E-state index in [4.69, 9.17) is 5.11 Å². The summed E-state index contributed by atoms with van der Waals surface area (Å²) in [6.45, 7) is 1.39. The molecule has 1 aromatic rings. The fourth-order valence-corrected chi connectivity index (χ4v) is 1.83. The lowest BCUT2D eigenvalue weighted by atomic mass is 10.0. The summed E-state index contributed by atoms with van der Waals surface area (Å²) in [5, 5.41) is 8.84. The summed E-state index contributed by atoms with van der Waals surface area (Å²) in [6.07, 6.45) is -1.67. The summed E-state index contributed by atoms with van der Waals surface area (Å²) in [6, 6.07) is 2.52. The molecule has 0 spiro atoms. The van der Waals surface area contributed by atoms with Crippen molar-refractivity contribution in [2.75, 3.05) is 5.75 Å². The highest BCUT2D eigenvalue weighted by Gasteiger charge is 2.31. The van der Waals surface area contributed by atoms with E-state index < -0.39 is 23.3 Å². The molecule has 3 nitrogen and oxygen atoms in total. The number of alkyl halides is 3. The van der Waals surface area contributed by atoms with E-state index in [0.717, 1.165) is 23.9 Å². The SMILES string of the molecule is CC(=O)SCC=Cc1ccc(C(F)(F)F)cc1C(=O)O. The molecule has 0 saturated carbocycles. The van der Waals surface area contributed by atoms with Gasteiger partial charge < -0.3 is 5.11 Å². The van der Waals surface area contributed by atoms with Crippen LogP contribution in [-0.2, 0) is 11.0 Å². The number of carbonyl (C=O) groups excluding carboxylic acids is 1. The lowest BCUT2D eigenvalue weighted by Gasteiger charge is -2.09. The van der Waals surface area contributed by atoms with Crippen molar-refractivity contribution in [1.82, 2.24) is 0 Å². The molecule has 0 fully saturated rings. The van der Waals surface area contributed by atoms with Gasteiger partial charge in [0.15, 0.2) is 5.12 Å². The number of carboxylic acids is 1. The Balaban J connectivity index is 3.02. The van der Waals surface area contributed by atoms with Gasteiger partial charge in [-0.05, 0) is 17.7 Å². The smallest absolute Gasteiger partial charge is 0.416 e. The minimum Gasteiger partial charge on any atom is -0.478 e. The zero-order valence-corrected chi connectivity index (χ0v) is 11.2. The van der Waals surface area contributed by atoms with E-state index >= 15 is 0 Å². The maximum absolute atomic E-state index is 12.5. The molecule has 1 rings (SSSR count). The molecule has 0 radical (unpaired) electrons. The number of carboxylic acid groups (broad SMARTS) is 1. The summed E-state index contributed by atoms with van der Waals surface area (Å²) in [4.78, 5) is 21.7. The molecule has 0 aliphatic heterocycles. The second kappa shape index (κ2) is 6.60. The normalized spacial score (nSPS) is 11.8. The quantitative estimate of drug-likeness (QED) is 0.921. The molecule has 20 heavy (non-hydrogen) atoms. The number of hydrogen-bond donors (Lipinski definition) is 1. The van der Waals surface area contributed by atoms with Crippen molar-refractivity contribution in [2.24, 2.45) is 0 Å². The molecule has 0 saturated heterocycles. The molecule has 0 unspecified atom stereocenters. The largest absolute Gasteiger partial charge is 0.478 e. The van der Waals surface area contributed by atoms with Gasteiger partial charge in [-0.25, -0.2) is 4.79 Å². The van der Waals surface area contributed by atoms with E-state index in [2.05, 4.69) is 0 Å². The Bertz CT molecular complexity index is 550. The Morgan fingerprint density at radius 2 is 2.00 bits per heavy atom. The summed E-state index contributed by atoms with van der Waals surface area (Å²) in [7, 11) is 0. The molecule has 0 amide bonds. The van der Waals surface area contributed by atoms with Gasteiger partial charge in [-0.2, -0.15) is 13.2 Å². The third kappa shape index (κ3) is 4.73. The first kappa shape index (κ1) is 16.3. The van der Waals surface area contributed by atoms with Gasteiger partial charge in [0.1, 0.15) is 0 Å². The lowest BCUT2D eigenvalue weighted by Crippen LogP contribution is -2.08. The average Bonchev–Trinajstić information content (AvgIpc) is 2.33. The topological polar surface area (TPSA) is 54.4 Å². The van der Waals surface area contributed by atoms with Gasteiger partial charge >= 0.3 is 12.1 Å². The highest BCUT2D eigenvalue weighted by atomic mass is 32.2. The molecular weight excluding hydrogens is 293 g/mol. The number of thioether (sulfide) groups is 1. The first-order valence-electron chi connectivity index (χ1n) is 5.46. The van der Waals surface area contributed by atoms with E-state index in [9.17, 15) is 22.8 Å². The molecule has 0 aliphatic rings. The maximum atomic E-state index is 12.5. The number of halogens is 3. The molecular formula is C13H11F3O3S. The molecule has 0 aromatic heterocycles.